The van der Waals surface area contributed by atoms with Crippen LogP contribution in [0.5, 0.6) is 5.75 Å². The van der Waals surface area contributed by atoms with Crippen LogP contribution in [0.15, 0.2) is 65.1 Å². The molecule has 1 atom stereocenters. The third kappa shape index (κ3) is 6.14. The number of para-hydroxylation sites is 1. The Morgan fingerprint density at radius 3 is 2.61 bits per heavy atom. The second-order valence-corrected chi connectivity index (χ2v) is 9.19. The average molecular weight is 495 g/mol. The van der Waals surface area contributed by atoms with Crippen LogP contribution in [0.4, 0.5) is 10.1 Å². The minimum Gasteiger partial charge on any atom is -0.492 e. The first-order valence-electron chi connectivity index (χ1n) is 10.0. The van der Waals surface area contributed by atoms with Crippen LogP contribution in [-0.4, -0.2) is 39.5 Å². The van der Waals surface area contributed by atoms with Crippen molar-refractivity contribution in [3.8, 4) is 5.75 Å². The maximum atomic E-state index is 13.8. The Morgan fingerprint density at radius 1 is 1.06 bits per heavy atom. The van der Waals surface area contributed by atoms with Crippen molar-refractivity contribution in [3.05, 3.63) is 72.0 Å². The number of fused-ring (bicyclic) bond motifs is 3. The van der Waals surface area contributed by atoms with E-state index < -0.39 is 21.9 Å². The van der Waals surface area contributed by atoms with Crippen LogP contribution >= 0.6 is 12.4 Å². The Labute approximate surface area is 197 Å². The molecule has 0 bridgehead atoms. The van der Waals surface area contributed by atoms with Crippen LogP contribution in [0, 0.1) is 5.82 Å². The molecule has 0 aliphatic carbocycles. The average Bonchev–Trinajstić information content (AvgIpc) is 3.11. The molecule has 0 aliphatic heterocycles. The number of halogens is 2. The largest absolute Gasteiger partial charge is 0.492 e. The Bertz CT molecular complexity index is 1360. The highest BCUT2D eigenvalue weighted by Crippen LogP contribution is 2.31. The van der Waals surface area contributed by atoms with Crippen molar-refractivity contribution >= 4 is 50.1 Å². The van der Waals surface area contributed by atoms with Crippen LogP contribution in [0.1, 0.15) is 11.7 Å². The van der Waals surface area contributed by atoms with Gasteiger partial charge >= 0.3 is 0 Å². The number of nitrogens with one attached hydrogen (secondary N) is 2. The monoisotopic (exact) mass is 494 g/mol. The topological polar surface area (TPSA) is 101 Å². The lowest BCUT2D eigenvalue weighted by Gasteiger charge is -2.14. The molecule has 1 unspecified atom stereocenters. The molecular weight excluding hydrogens is 471 g/mol. The number of hydrogen-bond acceptors (Lipinski definition) is 6. The summed E-state index contributed by atoms with van der Waals surface area (Å²) >= 11 is 0. The zero-order valence-electron chi connectivity index (χ0n) is 17.7. The van der Waals surface area contributed by atoms with Crippen LogP contribution < -0.4 is 14.8 Å². The second-order valence-electron chi connectivity index (χ2n) is 7.44. The number of furan rings is 1. The van der Waals surface area contributed by atoms with Gasteiger partial charge < -0.3 is 19.6 Å². The maximum absolute atomic E-state index is 13.8. The van der Waals surface area contributed by atoms with Gasteiger partial charge in [-0.1, -0.05) is 24.3 Å². The molecule has 0 amide bonds. The molecule has 0 saturated heterocycles. The maximum Gasteiger partial charge on any atom is 0.229 e. The molecule has 0 spiro atoms. The standard InChI is InChI=1S/C23H23FN2O5S.ClH/c1-32(28,29)26-20-12-15(6-9-19(20)24)21(27)14-25-10-11-30-16-7-8-18-17-4-2-3-5-22(17)31-23(18)13-16;/h2-9,12-13,21,25-27H,10-11,14H2,1H3;1H. The van der Waals surface area contributed by atoms with Crippen molar-refractivity contribution < 1.29 is 27.1 Å². The van der Waals surface area contributed by atoms with Crippen molar-refractivity contribution in [3.63, 3.8) is 0 Å². The first kappa shape index (κ1) is 24.8. The fraction of sp³-hybridized carbons (Fsp3) is 0.217. The van der Waals surface area contributed by atoms with Gasteiger partial charge in [0.15, 0.2) is 0 Å². The molecule has 10 heteroatoms. The molecule has 176 valence electrons. The fourth-order valence-corrected chi connectivity index (χ4v) is 3.98. The number of aliphatic hydroxyl groups is 1. The van der Waals surface area contributed by atoms with Gasteiger partial charge in [0.25, 0.3) is 0 Å². The quantitative estimate of drug-likeness (QED) is 0.301. The number of hydrogen-bond donors (Lipinski definition) is 3. The number of anilines is 1. The van der Waals surface area contributed by atoms with Gasteiger partial charge in [0.1, 0.15) is 29.3 Å². The third-order valence-electron chi connectivity index (χ3n) is 4.91. The van der Waals surface area contributed by atoms with Crippen molar-refractivity contribution in [1.82, 2.24) is 5.32 Å². The molecule has 0 fully saturated rings. The van der Waals surface area contributed by atoms with Crippen LogP contribution in [-0.2, 0) is 10.0 Å². The minimum atomic E-state index is -3.62. The minimum absolute atomic E-state index is 0. The summed E-state index contributed by atoms with van der Waals surface area (Å²) < 4.78 is 50.2. The van der Waals surface area contributed by atoms with Crippen LogP contribution in [0.2, 0.25) is 0 Å². The van der Waals surface area contributed by atoms with Crippen molar-refractivity contribution in [2.24, 2.45) is 0 Å². The summed E-state index contributed by atoms with van der Waals surface area (Å²) in [5, 5.41) is 15.5. The zero-order chi connectivity index (χ0) is 22.7. The number of rotatable bonds is 9. The summed E-state index contributed by atoms with van der Waals surface area (Å²) in [5.74, 6) is -0.0388. The van der Waals surface area contributed by atoms with E-state index in [-0.39, 0.29) is 24.6 Å². The van der Waals surface area contributed by atoms with Gasteiger partial charge in [-0.15, -0.1) is 12.4 Å². The predicted octanol–water partition coefficient (Wildman–Crippen LogP) is 4.22. The summed E-state index contributed by atoms with van der Waals surface area (Å²) in [4.78, 5) is 0. The first-order valence-corrected chi connectivity index (χ1v) is 11.9. The zero-order valence-corrected chi connectivity index (χ0v) is 19.4. The van der Waals surface area contributed by atoms with E-state index in [0.29, 0.717) is 24.5 Å². The van der Waals surface area contributed by atoms with Crippen LogP contribution in [0.25, 0.3) is 21.9 Å². The van der Waals surface area contributed by atoms with Crippen LogP contribution in [0.3, 0.4) is 0 Å². The summed E-state index contributed by atoms with van der Waals surface area (Å²) in [5.41, 5.74) is 1.77. The van der Waals surface area contributed by atoms with Gasteiger partial charge in [-0.25, -0.2) is 12.8 Å². The normalized spacial score (nSPS) is 12.5. The third-order valence-corrected chi connectivity index (χ3v) is 5.50. The number of ether oxygens (including phenoxy) is 1. The van der Waals surface area contributed by atoms with Gasteiger partial charge in [0.2, 0.25) is 10.0 Å². The van der Waals surface area contributed by atoms with E-state index in [2.05, 4.69) is 10.0 Å². The highest BCUT2D eigenvalue weighted by Gasteiger charge is 2.13. The molecule has 3 aromatic carbocycles. The number of aliphatic hydroxyl groups excluding tert-OH is 1. The van der Waals surface area contributed by atoms with Gasteiger partial charge in [-0.3, -0.25) is 4.72 Å². The fourth-order valence-electron chi connectivity index (χ4n) is 3.42. The lowest BCUT2D eigenvalue weighted by atomic mass is 10.1. The smallest absolute Gasteiger partial charge is 0.229 e. The number of sulfonamides is 1. The SMILES string of the molecule is CS(=O)(=O)Nc1cc(C(O)CNCCOc2ccc3c(c2)oc2ccccc23)ccc1F.Cl. The number of benzene rings is 3. The van der Waals surface area contributed by atoms with Crippen molar-refractivity contribution in [2.75, 3.05) is 30.7 Å². The molecule has 3 N–H and O–H groups in total. The summed E-state index contributed by atoms with van der Waals surface area (Å²) in [6.07, 6.45) is -0.00844. The Kier molecular flexibility index (Phi) is 7.80. The van der Waals surface area contributed by atoms with E-state index in [0.717, 1.165) is 34.3 Å². The van der Waals surface area contributed by atoms with Gasteiger partial charge in [-0.05, 0) is 35.9 Å². The molecule has 0 aliphatic rings. The Balaban J connectivity index is 0.00000306. The summed E-state index contributed by atoms with van der Waals surface area (Å²) in [6.45, 7) is 1.02. The Hall–Kier alpha value is -2.85. The first-order chi connectivity index (χ1) is 15.3. The molecule has 7 nitrogen and oxygen atoms in total. The second kappa shape index (κ2) is 10.4. The van der Waals surface area contributed by atoms with Crippen molar-refractivity contribution in [2.45, 2.75) is 6.10 Å². The van der Waals surface area contributed by atoms with E-state index in [9.17, 15) is 17.9 Å². The predicted molar refractivity (Wildman–Crippen MR) is 129 cm³/mol. The summed E-state index contributed by atoms with van der Waals surface area (Å²) in [6, 6.07) is 17.3. The molecule has 33 heavy (non-hydrogen) atoms. The molecule has 0 saturated carbocycles. The molecular formula is C23H24ClFN2O5S. The lowest BCUT2D eigenvalue weighted by molar-refractivity contribution is 0.172. The molecule has 1 heterocycles. The molecule has 4 aromatic rings. The Morgan fingerprint density at radius 2 is 1.82 bits per heavy atom. The molecule has 1 aromatic heterocycles. The van der Waals surface area contributed by atoms with Gasteiger partial charge in [0.05, 0.1) is 18.0 Å². The van der Waals surface area contributed by atoms with E-state index in [1.165, 1.54) is 12.1 Å². The van der Waals surface area contributed by atoms with E-state index in [1.54, 1.807) is 0 Å². The van der Waals surface area contributed by atoms with Gasteiger partial charge in [0, 0.05) is 29.9 Å². The summed E-state index contributed by atoms with van der Waals surface area (Å²) in [7, 11) is -3.62. The van der Waals surface area contributed by atoms with E-state index in [4.69, 9.17) is 9.15 Å². The highest BCUT2D eigenvalue weighted by molar-refractivity contribution is 7.92. The van der Waals surface area contributed by atoms with Gasteiger partial charge in [-0.2, -0.15) is 0 Å². The molecule has 4 rings (SSSR count). The lowest BCUT2D eigenvalue weighted by Crippen LogP contribution is -2.26. The van der Waals surface area contributed by atoms with E-state index >= 15 is 0 Å². The van der Waals surface area contributed by atoms with E-state index in [1.807, 2.05) is 42.5 Å². The molecule has 0 radical (unpaired) electrons. The van der Waals surface area contributed by atoms with Crippen molar-refractivity contribution in [1.29, 1.82) is 0 Å². The highest BCUT2D eigenvalue weighted by atomic mass is 35.5.